The van der Waals surface area contributed by atoms with Gasteiger partial charge < -0.3 is 9.84 Å². The fourth-order valence-corrected chi connectivity index (χ4v) is 3.45. The Kier molecular flexibility index (Phi) is 5.76. The Hall–Kier alpha value is -2.86. The summed E-state index contributed by atoms with van der Waals surface area (Å²) >= 11 is 6.22. The van der Waals surface area contributed by atoms with E-state index in [0.29, 0.717) is 12.1 Å². The molecule has 140 valence electrons. The Morgan fingerprint density at radius 2 is 1.85 bits per heavy atom. The maximum Gasteiger partial charge on any atom is 0.306 e. The van der Waals surface area contributed by atoms with Gasteiger partial charge in [0.05, 0.1) is 13.5 Å². The molecule has 5 nitrogen and oxygen atoms in total. The highest BCUT2D eigenvalue weighted by molar-refractivity contribution is 6.31. The third-order valence-electron chi connectivity index (χ3n) is 4.42. The number of rotatable bonds is 6. The number of halogens is 2. The molecule has 0 saturated heterocycles. The summed E-state index contributed by atoms with van der Waals surface area (Å²) in [7, 11) is 1.24. The average Bonchev–Trinajstić information content (AvgIpc) is 3.01. The smallest absolute Gasteiger partial charge is 0.306 e. The molecule has 0 aliphatic carbocycles. The molecule has 0 amide bonds. The van der Waals surface area contributed by atoms with Crippen molar-refractivity contribution in [2.75, 3.05) is 7.11 Å². The fraction of sp³-hybridized carbons (Fsp3) is 0.200. The molecule has 0 aliphatic heterocycles. The molecule has 1 atom stereocenters. The third kappa shape index (κ3) is 4.11. The molecule has 3 rings (SSSR count). The number of esters is 1. The predicted molar refractivity (Wildman–Crippen MR) is 101 cm³/mol. The van der Waals surface area contributed by atoms with Gasteiger partial charge in [0.15, 0.2) is 0 Å². The summed E-state index contributed by atoms with van der Waals surface area (Å²) < 4.78 is 19.3. The van der Waals surface area contributed by atoms with Crippen molar-refractivity contribution < 1.29 is 13.9 Å². The minimum atomic E-state index is -0.875. The zero-order chi connectivity index (χ0) is 19.4. The molecule has 7 heteroatoms. The minimum absolute atomic E-state index is 0.101. The summed E-state index contributed by atoms with van der Waals surface area (Å²) in [4.78, 5) is 24.5. The van der Waals surface area contributed by atoms with E-state index in [2.05, 4.69) is 10.2 Å². The molecular weight excluding hydrogens is 371 g/mol. The lowest BCUT2D eigenvalue weighted by atomic mass is 9.87. The molecule has 2 N–H and O–H groups in total. The second-order valence-corrected chi connectivity index (χ2v) is 6.51. The molecule has 0 fully saturated rings. The molecule has 3 aromatic rings. The highest BCUT2D eigenvalue weighted by Gasteiger charge is 2.29. The molecule has 1 heterocycles. The monoisotopic (exact) mass is 388 g/mol. The lowest BCUT2D eigenvalue weighted by Crippen LogP contribution is -2.19. The van der Waals surface area contributed by atoms with Crippen LogP contribution in [0.1, 0.15) is 34.7 Å². The number of aromatic amines is 2. The van der Waals surface area contributed by atoms with Gasteiger partial charge in [-0.3, -0.25) is 14.7 Å². The number of hydrogen-bond acceptors (Lipinski definition) is 3. The Labute approximate surface area is 160 Å². The van der Waals surface area contributed by atoms with Crippen LogP contribution in [0.15, 0.2) is 53.3 Å². The van der Waals surface area contributed by atoms with Crippen molar-refractivity contribution in [1.29, 1.82) is 0 Å². The van der Waals surface area contributed by atoms with Gasteiger partial charge in [0, 0.05) is 34.2 Å². The molecule has 0 bridgehead atoms. The summed E-state index contributed by atoms with van der Waals surface area (Å²) in [5.41, 5.74) is 1.49. The molecule has 2 aromatic carbocycles. The molecule has 0 radical (unpaired) electrons. The van der Waals surface area contributed by atoms with Crippen LogP contribution in [-0.4, -0.2) is 23.3 Å². The summed E-state index contributed by atoms with van der Waals surface area (Å²) in [6, 6.07) is 13.8. The van der Waals surface area contributed by atoms with E-state index >= 15 is 0 Å². The molecule has 27 heavy (non-hydrogen) atoms. The van der Waals surface area contributed by atoms with Gasteiger partial charge >= 0.3 is 5.97 Å². The number of carbonyl (C=O) groups is 1. The van der Waals surface area contributed by atoms with Crippen molar-refractivity contribution in [3.8, 4) is 0 Å². The number of benzene rings is 2. The van der Waals surface area contributed by atoms with Crippen molar-refractivity contribution in [2.24, 2.45) is 0 Å². The van der Waals surface area contributed by atoms with Crippen LogP contribution in [0.4, 0.5) is 4.39 Å². The molecular formula is C20H18ClFN2O3. The van der Waals surface area contributed by atoms with Crippen molar-refractivity contribution in [3.63, 3.8) is 0 Å². The Balaban J connectivity index is 2.12. The van der Waals surface area contributed by atoms with E-state index in [4.69, 9.17) is 16.3 Å². The summed E-state index contributed by atoms with van der Waals surface area (Å²) in [5.74, 6) is -2.02. The van der Waals surface area contributed by atoms with Gasteiger partial charge in [0.1, 0.15) is 5.82 Å². The predicted octanol–water partition coefficient (Wildman–Crippen LogP) is 3.78. The van der Waals surface area contributed by atoms with Gasteiger partial charge in [-0.05, 0) is 17.7 Å². The molecule has 1 unspecified atom stereocenters. The van der Waals surface area contributed by atoms with Crippen molar-refractivity contribution in [2.45, 2.75) is 18.8 Å². The van der Waals surface area contributed by atoms with E-state index in [1.807, 2.05) is 30.3 Å². The largest absolute Gasteiger partial charge is 0.469 e. The number of ether oxygens (including phenoxy) is 1. The molecule has 0 spiro atoms. The number of aromatic nitrogens is 2. The van der Waals surface area contributed by atoms with Crippen LogP contribution in [0.5, 0.6) is 0 Å². The van der Waals surface area contributed by atoms with Gasteiger partial charge in [-0.15, -0.1) is 0 Å². The highest BCUT2D eigenvalue weighted by atomic mass is 35.5. The lowest BCUT2D eigenvalue weighted by molar-refractivity contribution is -0.140. The maximum absolute atomic E-state index is 14.6. The quantitative estimate of drug-likeness (QED) is 0.631. The first-order valence-electron chi connectivity index (χ1n) is 8.35. The lowest BCUT2D eigenvalue weighted by Gasteiger charge is -2.18. The van der Waals surface area contributed by atoms with Crippen molar-refractivity contribution in [1.82, 2.24) is 10.2 Å². The SMILES string of the molecule is COC(=O)CC(c1c(F)cccc1Cl)c1c(Cc2ccccc2)[nH][nH]c1=O. The first-order valence-corrected chi connectivity index (χ1v) is 8.73. The summed E-state index contributed by atoms with van der Waals surface area (Å²) in [6.07, 6.45) is 0.207. The van der Waals surface area contributed by atoms with Gasteiger partial charge in [-0.1, -0.05) is 48.0 Å². The Bertz CT molecular complexity index is 978. The van der Waals surface area contributed by atoms with Crippen molar-refractivity contribution in [3.05, 3.63) is 92.1 Å². The Morgan fingerprint density at radius 3 is 2.52 bits per heavy atom. The number of nitrogens with one attached hydrogen (secondary N) is 2. The topological polar surface area (TPSA) is 75.0 Å². The first kappa shape index (κ1) is 18.9. The standard InChI is InChI=1S/C20H18ClFN2O3/c1-27-17(25)11-13(18-14(21)8-5-9-15(18)22)19-16(23-24-20(19)26)10-12-6-3-2-4-7-12/h2-9,13H,10-11H2,1H3,(H2,23,24,26). The zero-order valence-corrected chi connectivity index (χ0v) is 15.3. The van der Waals surface area contributed by atoms with Crippen molar-refractivity contribution >= 4 is 17.6 Å². The normalized spacial score (nSPS) is 12.0. The summed E-state index contributed by atoms with van der Waals surface area (Å²) in [6.45, 7) is 0. The number of carbonyl (C=O) groups excluding carboxylic acids is 1. The van der Waals surface area contributed by atoms with Gasteiger partial charge in [0.2, 0.25) is 0 Å². The van der Waals surface area contributed by atoms with Gasteiger partial charge in [-0.25, -0.2) is 4.39 Å². The van der Waals surface area contributed by atoms with E-state index in [0.717, 1.165) is 5.56 Å². The van der Waals surface area contributed by atoms with E-state index in [-0.39, 0.29) is 22.6 Å². The average molecular weight is 389 g/mol. The zero-order valence-electron chi connectivity index (χ0n) is 14.6. The second-order valence-electron chi connectivity index (χ2n) is 6.10. The van der Waals surface area contributed by atoms with E-state index in [9.17, 15) is 14.0 Å². The van der Waals surface area contributed by atoms with Crippen LogP contribution in [0.3, 0.4) is 0 Å². The van der Waals surface area contributed by atoms with Crippen LogP contribution in [-0.2, 0) is 16.0 Å². The Morgan fingerprint density at radius 1 is 1.11 bits per heavy atom. The first-order chi connectivity index (χ1) is 13.0. The van der Waals surface area contributed by atoms with Crippen LogP contribution in [0, 0.1) is 5.82 Å². The molecule has 0 saturated carbocycles. The van der Waals surface area contributed by atoms with Crippen LogP contribution >= 0.6 is 11.6 Å². The third-order valence-corrected chi connectivity index (χ3v) is 4.75. The van der Waals surface area contributed by atoms with Crippen LogP contribution in [0.2, 0.25) is 5.02 Å². The van der Waals surface area contributed by atoms with E-state index in [1.54, 1.807) is 0 Å². The van der Waals surface area contributed by atoms with Gasteiger partial charge in [-0.2, -0.15) is 0 Å². The molecule has 0 aliphatic rings. The van der Waals surface area contributed by atoms with Gasteiger partial charge in [0.25, 0.3) is 5.56 Å². The van der Waals surface area contributed by atoms with E-state index < -0.39 is 23.3 Å². The summed E-state index contributed by atoms with van der Waals surface area (Å²) in [5, 5.41) is 5.54. The highest BCUT2D eigenvalue weighted by Crippen LogP contribution is 2.35. The van der Waals surface area contributed by atoms with Crippen LogP contribution < -0.4 is 5.56 Å². The molecule has 1 aromatic heterocycles. The second kappa shape index (κ2) is 8.22. The van der Waals surface area contributed by atoms with E-state index in [1.165, 1.54) is 25.3 Å². The van der Waals surface area contributed by atoms with Crippen LogP contribution in [0.25, 0.3) is 0 Å². The fourth-order valence-electron chi connectivity index (χ4n) is 3.15. The number of hydrogen-bond donors (Lipinski definition) is 2. The maximum atomic E-state index is 14.6. The number of H-pyrrole nitrogens is 2. The minimum Gasteiger partial charge on any atom is -0.469 e. The number of methoxy groups -OCH3 is 1.